The van der Waals surface area contributed by atoms with Gasteiger partial charge in [0.15, 0.2) is 0 Å². The van der Waals surface area contributed by atoms with Crippen molar-refractivity contribution >= 4 is 35.1 Å². The van der Waals surface area contributed by atoms with Crippen molar-refractivity contribution in [1.82, 2.24) is 5.32 Å². The molecule has 1 N–H and O–H groups in total. The molecule has 0 aliphatic carbocycles. The molecule has 1 unspecified atom stereocenters. The van der Waals surface area contributed by atoms with E-state index in [9.17, 15) is 14.4 Å². The number of rotatable bonds is 5. The summed E-state index contributed by atoms with van der Waals surface area (Å²) in [6, 6.07) is 12.8. The van der Waals surface area contributed by atoms with Gasteiger partial charge in [-0.25, -0.2) is 9.69 Å². The zero-order valence-corrected chi connectivity index (χ0v) is 14.8. The van der Waals surface area contributed by atoms with Gasteiger partial charge < -0.3 is 10.1 Å². The van der Waals surface area contributed by atoms with Crippen molar-refractivity contribution in [2.45, 2.75) is 19.0 Å². The second kappa shape index (κ2) is 7.68. The zero-order valence-electron chi connectivity index (χ0n) is 14.1. The SMILES string of the molecule is COC(=O)c1ccc(N2C(=O)CC(NCc3ccc(Cl)cc3)C2=O)cc1. The summed E-state index contributed by atoms with van der Waals surface area (Å²) >= 11 is 5.85. The number of carbonyl (C=O) groups excluding carboxylic acids is 3. The van der Waals surface area contributed by atoms with Gasteiger partial charge >= 0.3 is 5.97 Å². The van der Waals surface area contributed by atoms with E-state index >= 15 is 0 Å². The molecule has 0 radical (unpaired) electrons. The van der Waals surface area contributed by atoms with E-state index in [0.717, 1.165) is 10.5 Å². The van der Waals surface area contributed by atoms with Crippen LogP contribution in [0.1, 0.15) is 22.3 Å². The van der Waals surface area contributed by atoms with Gasteiger partial charge in [-0.2, -0.15) is 0 Å². The second-order valence-electron chi connectivity index (χ2n) is 5.87. The maximum absolute atomic E-state index is 12.6. The summed E-state index contributed by atoms with van der Waals surface area (Å²) in [7, 11) is 1.29. The van der Waals surface area contributed by atoms with E-state index in [1.54, 1.807) is 24.3 Å². The molecular weight excluding hydrogens is 356 g/mol. The third-order valence-corrected chi connectivity index (χ3v) is 4.41. The number of halogens is 1. The largest absolute Gasteiger partial charge is 0.465 e. The standard InChI is InChI=1S/C19H17ClN2O4/c1-26-19(25)13-4-8-15(9-5-13)22-17(23)10-16(18(22)24)21-11-12-2-6-14(20)7-3-12/h2-9,16,21H,10-11H2,1H3. The molecule has 0 bridgehead atoms. The lowest BCUT2D eigenvalue weighted by atomic mass is 10.2. The summed E-state index contributed by atoms with van der Waals surface area (Å²) < 4.78 is 4.64. The van der Waals surface area contributed by atoms with Crippen LogP contribution >= 0.6 is 11.6 Å². The number of benzene rings is 2. The van der Waals surface area contributed by atoms with Gasteiger partial charge in [0, 0.05) is 11.6 Å². The molecule has 2 aromatic rings. The second-order valence-corrected chi connectivity index (χ2v) is 6.31. The van der Waals surface area contributed by atoms with E-state index in [-0.39, 0.29) is 18.2 Å². The highest BCUT2D eigenvalue weighted by atomic mass is 35.5. The molecular formula is C19H17ClN2O4. The van der Waals surface area contributed by atoms with Crippen molar-refractivity contribution in [2.75, 3.05) is 12.0 Å². The minimum Gasteiger partial charge on any atom is -0.465 e. The van der Waals surface area contributed by atoms with Crippen molar-refractivity contribution in [3.63, 3.8) is 0 Å². The molecule has 134 valence electrons. The van der Waals surface area contributed by atoms with Gasteiger partial charge in [-0.1, -0.05) is 23.7 Å². The number of imide groups is 1. The Morgan fingerprint density at radius 3 is 2.42 bits per heavy atom. The first kappa shape index (κ1) is 18.1. The molecule has 6 nitrogen and oxygen atoms in total. The van der Waals surface area contributed by atoms with Crippen LogP contribution in [-0.2, 0) is 20.9 Å². The maximum Gasteiger partial charge on any atom is 0.337 e. The van der Waals surface area contributed by atoms with Crippen LogP contribution < -0.4 is 10.2 Å². The topological polar surface area (TPSA) is 75.7 Å². The minimum atomic E-state index is -0.585. The molecule has 26 heavy (non-hydrogen) atoms. The van der Waals surface area contributed by atoms with Gasteiger partial charge in [-0.05, 0) is 42.0 Å². The fourth-order valence-electron chi connectivity index (χ4n) is 2.77. The van der Waals surface area contributed by atoms with Gasteiger partial charge in [0.1, 0.15) is 0 Å². The lowest BCUT2D eigenvalue weighted by Crippen LogP contribution is -2.38. The number of amides is 2. The highest BCUT2D eigenvalue weighted by molar-refractivity contribution is 6.30. The average molecular weight is 373 g/mol. The van der Waals surface area contributed by atoms with Crippen LogP contribution in [0.3, 0.4) is 0 Å². The minimum absolute atomic E-state index is 0.0885. The Bertz CT molecular complexity index is 834. The van der Waals surface area contributed by atoms with Crippen LogP contribution in [0.2, 0.25) is 5.02 Å². The molecule has 0 aromatic heterocycles. The number of methoxy groups -OCH3 is 1. The van der Waals surface area contributed by atoms with E-state index in [4.69, 9.17) is 11.6 Å². The Hall–Kier alpha value is -2.70. The van der Waals surface area contributed by atoms with Crippen LogP contribution in [0.25, 0.3) is 0 Å². The van der Waals surface area contributed by atoms with Gasteiger partial charge in [-0.15, -0.1) is 0 Å². The number of carbonyl (C=O) groups is 3. The van der Waals surface area contributed by atoms with E-state index in [1.807, 2.05) is 12.1 Å². The molecule has 0 saturated carbocycles. The molecule has 1 saturated heterocycles. The van der Waals surface area contributed by atoms with Crippen LogP contribution in [0, 0.1) is 0 Å². The quantitative estimate of drug-likeness (QED) is 0.644. The fourth-order valence-corrected chi connectivity index (χ4v) is 2.90. The van der Waals surface area contributed by atoms with Crippen molar-refractivity contribution in [1.29, 1.82) is 0 Å². The number of hydrogen-bond acceptors (Lipinski definition) is 5. The molecule has 1 aliphatic heterocycles. The molecule has 1 heterocycles. The molecule has 1 atom stereocenters. The number of nitrogens with zero attached hydrogens (tertiary/aromatic N) is 1. The fraction of sp³-hybridized carbons (Fsp3) is 0.211. The third kappa shape index (κ3) is 3.76. The maximum atomic E-state index is 12.6. The van der Waals surface area contributed by atoms with Crippen LogP contribution in [0.5, 0.6) is 0 Å². The van der Waals surface area contributed by atoms with E-state index in [2.05, 4.69) is 10.1 Å². The number of nitrogens with one attached hydrogen (secondary N) is 1. The molecule has 1 fully saturated rings. The first-order valence-electron chi connectivity index (χ1n) is 8.02. The number of anilines is 1. The molecule has 7 heteroatoms. The summed E-state index contributed by atoms with van der Waals surface area (Å²) in [4.78, 5) is 37.5. The summed E-state index contributed by atoms with van der Waals surface area (Å²) in [5.41, 5.74) is 1.76. The monoisotopic (exact) mass is 372 g/mol. The summed E-state index contributed by atoms with van der Waals surface area (Å²) in [5.74, 6) is -1.07. The molecule has 2 aromatic carbocycles. The Morgan fingerprint density at radius 2 is 1.81 bits per heavy atom. The highest BCUT2D eigenvalue weighted by Gasteiger charge is 2.39. The Morgan fingerprint density at radius 1 is 1.15 bits per heavy atom. The average Bonchev–Trinajstić information content (AvgIpc) is 2.94. The highest BCUT2D eigenvalue weighted by Crippen LogP contribution is 2.24. The molecule has 3 rings (SSSR count). The number of ether oxygens (including phenoxy) is 1. The molecule has 2 amide bonds. The molecule has 0 spiro atoms. The third-order valence-electron chi connectivity index (χ3n) is 4.16. The predicted octanol–water partition coefficient (Wildman–Crippen LogP) is 2.55. The zero-order chi connectivity index (χ0) is 18.7. The summed E-state index contributed by atoms with van der Waals surface area (Å²) in [6.45, 7) is 0.454. The predicted molar refractivity (Wildman–Crippen MR) is 97.0 cm³/mol. The number of esters is 1. The van der Waals surface area contributed by atoms with Crippen molar-refractivity contribution in [2.24, 2.45) is 0 Å². The number of hydrogen-bond donors (Lipinski definition) is 1. The van der Waals surface area contributed by atoms with Crippen LogP contribution in [0.4, 0.5) is 5.69 Å². The van der Waals surface area contributed by atoms with Gasteiger partial charge in [0.2, 0.25) is 5.91 Å². The van der Waals surface area contributed by atoms with Crippen LogP contribution in [0.15, 0.2) is 48.5 Å². The van der Waals surface area contributed by atoms with Crippen molar-refractivity contribution in [3.05, 3.63) is 64.7 Å². The normalized spacial score (nSPS) is 16.8. The molecule has 1 aliphatic rings. The van der Waals surface area contributed by atoms with Crippen LogP contribution in [-0.4, -0.2) is 30.9 Å². The summed E-state index contributed by atoms with van der Waals surface area (Å²) in [5, 5.41) is 3.75. The Balaban J connectivity index is 1.68. The smallest absolute Gasteiger partial charge is 0.337 e. The lowest BCUT2D eigenvalue weighted by Gasteiger charge is -2.16. The van der Waals surface area contributed by atoms with E-state index in [0.29, 0.717) is 22.8 Å². The lowest BCUT2D eigenvalue weighted by molar-refractivity contribution is -0.121. The van der Waals surface area contributed by atoms with E-state index < -0.39 is 12.0 Å². The summed E-state index contributed by atoms with van der Waals surface area (Å²) in [6.07, 6.45) is 0.0885. The van der Waals surface area contributed by atoms with E-state index in [1.165, 1.54) is 19.2 Å². The Labute approximate surface area is 155 Å². The van der Waals surface area contributed by atoms with Crippen molar-refractivity contribution < 1.29 is 19.1 Å². The first-order valence-corrected chi connectivity index (χ1v) is 8.40. The first-order chi connectivity index (χ1) is 12.5. The van der Waals surface area contributed by atoms with Gasteiger partial charge in [0.25, 0.3) is 5.91 Å². The van der Waals surface area contributed by atoms with Crippen molar-refractivity contribution in [3.8, 4) is 0 Å². The van der Waals surface area contributed by atoms with Gasteiger partial charge in [-0.3, -0.25) is 9.59 Å². The van der Waals surface area contributed by atoms with Gasteiger partial charge in [0.05, 0.1) is 30.8 Å². The Kier molecular flexibility index (Phi) is 5.35.